The Morgan fingerprint density at radius 3 is 2.50 bits per heavy atom. The molecule has 4 heteroatoms. The molecule has 1 fully saturated rings. The highest BCUT2D eigenvalue weighted by molar-refractivity contribution is 5.79. The Kier molecular flexibility index (Phi) is 5.01. The molecular weight excluding hydrogens is 250 g/mol. The summed E-state index contributed by atoms with van der Waals surface area (Å²) in [5.74, 6) is 0.449. The molecule has 0 spiro atoms. The van der Waals surface area contributed by atoms with E-state index >= 15 is 0 Å². The van der Waals surface area contributed by atoms with Gasteiger partial charge in [-0.2, -0.15) is 0 Å². The normalized spacial score (nSPS) is 18.1. The molecule has 1 atom stereocenters. The van der Waals surface area contributed by atoms with Crippen LogP contribution in [-0.4, -0.2) is 44.5 Å². The van der Waals surface area contributed by atoms with Gasteiger partial charge in [-0.3, -0.25) is 4.79 Å². The molecule has 1 aliphatic rings. The van der Waals surface area contributed by atoms with Crippen molar-refractivity contribution in [2.24, 2.45) is 5.92 Å². The molecule has 1 amide bonds. The Morgan fingerprint density at radius 2 is 2.00 bits per heavy atom. The van der Waals surface area contributed by atoms with Gasteiger partial charge < -0.3 is 15.1 Å². The van der Waals surface area contributed by atoms with Crippen molar-refractivity contribution in [3.63, 3.8) is 0 Å². The number of rotatable bonds is 5. The van der Waals surface area contributed by atoms with Gasteiger partial charge in [0.25, 0.3) is 0 Å². The fourth-order valence-electron chi connectivity index (χ4n) is 2.59. The van der Waals surface area contributed by atoms with E-state index in [1.165, 1.54) is 11.3 Å². The van der Waals surface area contributed by atoms with Crippen LogP contribution in [0.2, 0.25) is 0 Å². The average molecular weight is 275 g/mol. The number of nitrogens with one attached hydrogen (secondary N) is 1. The molecule has 1 aromatic carbocycles. The molecule has 0 aromatic heterocycles. The zero-order chi connectivity index (χ0) is 14.5. The van der Waals surface area contributed by atoms with Crippen LogP contribution in [0.5, 0.6) is 0 Å². The highest BCUT2D eigenvalue weighted by Gasteiger charge is 2.26. The molecule has 1 saturated heterocycles. The first-order valence-electron chi connectivity index (χ1n) is 7.37. The van der Waals surface area contributed by atoms with Crippen LogP contribution in [0.25, 0.3) is 0 Å². The lowest BCUT2D eigenvalue weighted by molar-refractivity contribution is -0.135. The topological polar surface area (TPSA) is 35.6 Å². The quantitative estimate of drug-likeness (QED) is 0.888. The standard InChI is InChI=1S/C16H25N3O/c1-4-19(16(20)14-9-10-17-11-14)12-13-5-7-15(8-6-13)18(2)3/h5-8,14,17H,4,9-12H2,1-3H3. The van der Waals surface area contributed by atoms with Crippen LogP contribution in [0.3, 0.4) is 0 Å². The summed E-state index contributed by atoms with van der Waals surface area (Å²) >= 11 is 0. The number of carbonyl (C=O) groups excluding carboxylic acids is 1. The first-order valence-corrected chi connectivity index (χ1v) is 7.37. The van der Waals surface area contributed by atoms with E-state index in [2.05, 4.69) is 41.4 Å². The summed E-state index contributed by atoms with van der Waals surface area (Å²) in [6.07, 6.45) is 0.967. The van der Waals surface area contributed by atoms with E-state index in [0.29, 0.717) is 6.54 Å². The van der Waals surface area contributed by atoms with E-state index < -0.39 is 0 Å². The van der Waals surface area contributed by atoms with Crippen LogP contribution in [-0.2, 0) is 11.3 Å². The Bertz CT molecular complexity index is 436. The maximum atomic E-state index is 12.4. The van der Waals surface area contributed by atoms with Crippen molar-refractivity contribution in [3.05, 3.63) is 29.8 Å². The first kappa shape index (κ1) is 14.9. The van der Waals surface area contributed by atoms with Gasteiger partial charge in [0.15, 0.2) is 0 Å². The molecule has 0 saturated carbocycles. The summed E-state index contributed by atoms with van der Waals surface area (Å²) in [6.45, 7) is 5.32. The molecular formula is C16H25N3O. The van der Waals surface area contributed by atoms with Crippen molar-refractivity contribution in [1.82, 2.24) is 10.2 Å². The van der Waals surface area contributed by atoms with Crippen LogP contribution < -0.4 is 10.2 Å². The second-order valence-corrected chi connectivity index (χ2v) is 5.60. The van der Waals surface area contributed by atoms with E-state index in [0.717, 1.165) is 26.1 Å². The molecule has 2 rings (SSSR count). The molecule has 1 unspecified atom stereocenters. The summed E-state index contributed by atoms with van der Waals surface area (Å²) in [5, 5.41) is 3.26. The van der Waals surface area contributed by atoms with Crippen LogP contribution >= 0.6 is 0 Å². The van der Waals surface area contributed by atoms with Crippen LogP contribution in [0.4, 0.5) is 5.69 Å². The molecule has 1 aromatic rings. The number of hydrogen-bond acceptors (Lipinski definition) is 3. The van der Waals surface area contributed by atoms with E-state index in [4.69, 9.17) is 0 Å². The van der Waals surface area contributed by atoms with Gasteiger partial charge in [-0.15, -0.1) is 0 Å². The maximum Gasteiger partial charge on any atom is 0.227 e. The Labute approximate surface area is 121 Å². The molecule has 110 valence electrons. The van der Waals surface area contributed by atoms with Crippen LogP contribution in [0.1, 0.15) is 18.9 Å². The van der Waals surface area contributed by atoms with Crippen molar-refractivity contribution in [1.29, 1.82) is 0 Å². The summed E-state index contributed by atoms with van der Waals surface area (Å²) < 4.78 is 0. The van der Waals surface area contributed by atoms with Gasteiger partial charge in [0.05, 0.1) is 5.92 Å². The minimum Gasteiger partial charge on any atom is -0.378 e. The van der Waals surface area contributed by atoms with Crippen molar-refractivity contribution in [2.45, 2.75) is 19.9 Å². The smallest absolute Gasteiger partial charge is 0.227 e. The maximum absolute atomic E-state index is 12.4. The molecule has 4 nitrogen and oxygen atoms in total. The molecule has 0 aliphatic carbocycles. The predicted octanol–water partition coefficient (Wildman–Crippen LogP) is 1.71. The lowest BCUT2D eigenvalue weighted by Gasteiger charge is -2.24. The largest absolute Gasteiger partial charge is 0.378 e. The van der Waals surface area contributed by atoms with Gasteiger partial charge in [-0.1, -0.05) is 12.1 Å². The summed E-state index contributed by atoms with van der Waals surface area (Å²) in [6, 6.07) is 8.42. The van der Waals surface area contributed by atoms with Crippen molar-refractivity contribution < 1.29 is 4.79 Å². The number of nitrogens with zero attached hydrogens (tertiary/aromatic N) is 2. The summed E-state index contributed by atoms with van der Waals surface area (Å²) in [7, 11) is 4.06. The Balaban J connectivity index is 2.00. The Hall–Kier alpha value is -1.55. The van der Waals surface area contributed by atoms with Crippen molar-refractivity contribution >= 4 is 11.6 Å². The van der Waals surface area contributed by atoms with E-state index in [1.807, 2.05) is 19.0 Å². The van der Waals surface area contributed by atoms with Crippen LogP contribution in [0, 0.1) is 5.92 Å². The molecule has 1 heterocycles. The fourth-order valence-corrected chi connectivity index (χ4v) is 2.59. The zero-order valence-corrected chi connectivity index (χ0v) is 12.7. The zero-order valence-electron chi connectivity index (χ0n) is 12.7. The van der Waals surface area contributed by atoms with Gasteiger partial charge in [-0.25, -0.2) is 0 Å². The second-order valence-electron chi connectivity index (χ2n) is 5.60. The lowest BCUT2D eigenvalue weighted by atomic mass is 10.1. The number of amides is 1. The second kappa shape index (κ2) is 6.75. The first-order chi connectivity index (χ1) is 9.61. The van der Waals surface area contributed by atoms with Gasteiger partial charge in [0.2, 0.25) is 5.91 Å². The molecule has 20 heavy (non-hydrogen) atoms. The number of anilines is 1. The number of benzene rings is 1. The fraction of sp³-hybridized carbons (Fsp3) is 0.562. The molecule has 0 radical (unpaired) electrons. The summed E-state index contributed by atoms with van der Waals surface area (Å²) in [4.78, 5) is 16.5. The average Bonchev–Trinajstić information content (AvgIpc) is 2.98. The Morgan fingerprint density at radius 1 is 1.30 bits per heavy atom. The predicted molar refractivity (Wildman–Crippen MR) is 82.8 cm³/mol. The third-order valence-corrected chi connectivity index (χ3v) is 3.93. The lowest BCUT2D eigenvalue weighted by Crippen LogP contribution is -2.36. The van der Waals surface area contributed by atoms with Crippen molar-refractivity contribution in [3.8, 4) is 0 Å². The van der Waals surface area contributed by atoms with E-state index in [9.17, 15) is 4.79 Å². The minimum atomic E-state index is 0.163. The molecule has 0 bridgehead atoms. The minimum absolute atomic E-state index is 0.163. The van der Waals surface area contributed by atoms with Gasteiger partial charge >= 0.3 is 0 Å². The van der Waals surface area contributed by atoms with Crippen LogP contribution in [0.15, 0.2) is 24.3 Å². The SMILES string of the molecule is CCN(Cc1ccc(N(C)C)cc1)C(=O)C1CCNC1. The summed E-state index contributed by atoms with van der Waals surface area (Å²) in [5.41, 5.74) is 2.37. The third-order valence-electron chi connectivity index (χ3n) is 3.93. The number of hydrogen-bond donors (Lipinski definition) is 1. The number of carbonyl (C=O) groups is 1. The van der Waals surface area contributed by atoms with E-state index in [1.54, 1.807) is 0 Å². The van der Waals surface area contributed by atoms with Gasteiger partial charge in [0, 0.05) is 39.4 Å². The molecule has 1 aliphatic heterocycles. The third kappa shape index (κ3) is 3.51. The monoisotopic (exact) mass is 275 g/mol. The van der Waals surface area contributed by atoms with Crippen molar-refractivity contribution in [2.75, 3.05) is 38.6 Å². The highest BCUT2D eigenvalue weighted by atomic mass is 16.2. The van der Waals surface area contributed by atoms with Gasteiger partial charge in [0.1, 0.15) is 0 Å². The van der Waals surface area contributed by atoms with E-state index in [-0.39, 0.29) is 11.8 Å². The highest BCUT2D eigenvalue weighted by Crippen LogP contribution is 2.17. The van der Waals surface area contributed by atoms with Gasteiger partial charge in [-0.05, 0) is 37.6 Å². The molecule has 1 N–H and O–H groups in total.